The molecule has 0 bridgehead atoms. The van der Waals surface area contributed by atoms with Gasteiger partial charge in [-0.2, -0.15) is 0 Å². The maximum atomic E-state index is 12.2. The summed E-state index contributed by atoms with van der Waals surface area (Å²) >= 11 is 0. The van der Waals surface area contributed by atoms with Gasteiger partial charge in [0.05, 0.1) is 0 Å². The first-order valence-corrected chi connectivity index (χ1v) is 6.58. The Hall–Kier alpha value is -2.09. The number of carbonyl (C=O) groups excluding carboxylic acids is 1. The summed E-state index contributed by atoms with van der Waals surface area (Å²) in [5.74, 6) is -0.0592. The van der Waals surface area contributed by atoms with Crippen LogP contribution in [0, 0.1) is 13.8 Å². The number of hydrogen-bond acceptors (Lipinski definition) is 1. The van der Waals surface area contributed by atoms with E-state index in [4.69, 9.17) is 0 Å². The topological polar surface area (TPSA) is 29.1 Å². The van der Waals surface area contributed by atoms with Crippen LogP contribution in [0.5, 0.6) is 0 Å². The number of rotatable bonds is 3. The molecule has 0 saturated heterocycles. The quantitative estimate of drug-likeness (QED) is 0.876. The fraction of sp³-hybridized carbons (Fsp3) is 0.235. The Balaban J connectivity index is 2.27. The van der Waals surface area contributed by atoms with Crippen molar-refractivity contribution in [1.29, 1.82) is 0 Å². The molecule has 2 aromatic rings. The first-order valence-electron chi connectivity index (χ1n) is 6.58. The Morgan fingerprint density at radius 3 is 2.16 bits per heavy atom. The lowest BCUT2D eigenvalue weighted by atomic mass is 10.0. The predicted octanol–water partition coefficient (Wildman–Crippen LogP) is 4.12. The number of carbonyl (C=O) groups is 1. The minimum Gasteiger partial charge on any atom is -0.322 e. The molecule has 2 aromatic carbocycles. The second-order valence-corrected chi connectivity index (χ2v) is 4.78. The van der Waals surface area contributed by atoms with Crippen LogP contribution in [0.2, 0.25) is 0 Å². The highest BCUT2D eigenvalue weighted by Gasteiger charge is 2.10. The highest BCUT2D eigenvalue weighted by atomic mass is 16.1. The lowest BCUT2D eigenvalue weighted by Crippen LogP contribution is -2.13. The summed E-state index contributed by atoms with van der Waals surface area (Å²) in [5, 5.41) is 3.01. The lowest BCUT2D eigenvalue weighted by Gasteiger charge is -2.13. The number of hydrogen-bond donors (Lipinski definition) is 1. The molecule has 0 aliphatic carbocycles. The molecule has 0 spiro atoms. The fourth-order valence-corrected chi connectivity index (χ4v) is 2.23. The van der Waals surface area contributed by atoms with E-state index in [1.165, 1.54) is 5.56 Å². The van der Waals surface area contributed by atoms with Gasteiger partial charge in [-0.3, -0.25) is 4.79 Å². The van der Waals surface area contributed by atoms with Gasteiger partial charge in [-0.15, -0.1) is 0 Å². The molecule has 19 heavy (non-hydrogen) atoms. The van der Waals surface area contributed by atoms with E-state index in [0.29, 0.717) is 5.56 Å². The molecular weight excluding hydrogens is 234 g/mol. The third kappa shape index (κ3) is 3.02. The molecule has 98 valence electrons. The van der Waals surface area contributed by atoms with E-state index < -0.39 is 0 Å². The molecule has 1 amide bonds. The van der Waals surface area contributed by atoms with Crippen molar-refractivity contribution < 1.29 is 4.79 Å². The summed E-state index contributed by atoms with van der Waals surface area (Å²) in [5.41, 5.74) is 5.13. The molecule has 0 aliphatic rings. The van der Waals surface area contributed by atoms with E-state index in [1.807, 2.05) is 44.2 Å². The second-order valence-electron chi connectivity index (χ2n) is 4.78. The highest BCUT2D eigenvalue weighted by Crippen LogP contribution is 2.23. The third-order valence-corrected chi connectivity index (χ3v) is 3.28. The first-order chi connectivity index (χ1) is 9.11. The van der Waals surface area contributed by atoms with Crippen LogP contribution < -0.4 is 5.32 Å². The van der Waals surface area contributed by atoms with Crippen LogP contribution in [0.15, 0.2) is 42.5 Å². The molecule has 2 rings (SSSR count). The molecule has 0 radical (unpaired) electrons. The van der Waals surface area contributed by atoms with Crippen LogP contribution >= 0.6 is 0 Å². The van der Waals surface area contributed by atoms with Crippen LogP contribution in [0.4, 0.5) is 5.69 Å². The summed E-state index contributed by atoms with van der Waals surface area (Å²) in [7, 11) is 0. The van der Waals surface area contributed by atoms with Crippen molar-refractivity contribution in [3.05, 3.63) is 64.7 Å². The number of aryl methyl sites for hydroxylation is 3. The molecule has 2 heteroatoms. The zero-order chi connectivity index (χ0) is 13.8. The van der Waals surface area contributed by atoms with E-state index in [1.54, 1.807) is 0 Å². The molecule has 2 nitrogen and oxygen atoms in total. The number of nitrogens with one attached hydrogen (secondary N) is 1. The Kier molecular flexibility index (Phi) is 4.00. The van der Waals surface area contributed by atoms with E-state index in [0.717, 1.165) is 23.2 Å². The van der Waals surface area contributed by atoms with Gasteiger partial charge in [-0.05, 0) is 49.1 Å². The van der Waals surface area contributed by atoms with E-state index >= 15 is 0 Å². The summed E-state index contributed by atoms with van der Waals surface area (Å²) < 4.78 is 0. The second kappa shape index (κ2) is 5.70. The van der Waals surface area contributed by atoms with Crippen LogP contribution in [-0.2, 0) is 6.42 Å². The van der Waals surface area contributed by atoms with Crippen LogP contribution in [0.1, 0.15) is 34.0 Å². The Morgan fingerprint density at radius 1 is 1.05 bits per heavy atom. The average molecular weight is 253 g/mol. The SMILES string of the molecule is CCc1cc(C)c(NC(=O)c2ccccc2)c(C)c1. The van der Waals surface area contributed by atoms with Crippen molar-refractivity contribution in [2.75, 3.05) is 5.32 Å². The van der Waals surface area contributed by atoms with Gasteiger partial charge in [0.25, 0.3) is 5.91 Å². The monoisotopic (exact) mass is 253 g/mol. The van der Waals surface area contributed by atoms with Crippen molar-refractivity contribution in [2.24, 2.45) is 0 Å². The average Bonchev–Trinajstić information content (AvgIpc) is 2.43. The molecule has 0 atom stereocenters. The molecule has 0 aromatic heterocycles. The molecule has 0 heterocycles. The van der Waals surface area contributed by atoms with Crippen molar-refractivity contribution >= 4 is 11.6 Å². The largest absolute Gasteiger partial charge is 0.322 e. The van der Waals surface area contributed by atoms with Gasteiger partial charge in [0.1, 0.15) is 0 Å². The molecule has 0 fully saturated rings. The minimum atomic E-state index is -0.0592. The standard InChI is InChI=1S/C17H19NO/c1-4-14-10-12(2)16(13(3)11-14)18-17(19)15-8-6-5-7-9-15/h5-11H,4H2,1-3H3,(H,18,19). The Labute approximate surface area is 114 Å². The van der Waals surface area contributed by atoms with E-state index in [2.05, 4.69) is 24.4 Å². The summed E-state index contributed by atoms with van der Waals surface area (Å²) in [6, 6.07) is 13.6. The molecule has 0 saturated carbocycles. The third-order valence-electron chi connectivity index (χ3n) is 3.28. The van der Waals surface area contributed by atoms with Crippen molar-refractivity contribution in [3.8, 4) is 0 Å². The zero-order valence-electron chi connectivity index (χ0n) is 11.7. The van der Waals surface area contributed by atoms with Gasteiger partial charge in [0.2, 0.25) is 0 Å². The predicted molar refractivity (Wildman–Crippen MR) is 79.7 cm³/mol. The zero-order valence-corrected chi connectivity index (χ0v) is 11.7. The highest BCUT2D eigenvalue weighted by molar-refractivity contribution is 6.05. The van der Waals surface area contributed by atoms with Gasteiger partial charge in [-0.1, -0.05) is 37.3 Å². The molecule has 1 N–H and O–H groups in total. The van der Waals surface area contributed by atoms with Gasteiger partial charge in [0.15, 0.2) is 0 Å². The normalized spacial score (nSPS) is 10.3. The lowest BCUT2D eigenvalue weighted by molar-refractivity contribution is 0.102. The van der Waals surface area contributed by atoms with Crippen LogP contribution in [-0.4, -0.2) is 5.91 Å². The number of benzene rings is 2. The first kappa shape index (κ1) is 13.3. The van der Waals surface area contributed by atoms with E-state index in [9.17, 15) is 4.79 Å². The maximum absolute atomic E-state index is 12.2. The van der Waals surface area contributed by atoms with Crippen LogP contribution in [0.25, 0.3) is 0 Å². The molecular formula is C17H19NO. The summed E-state index contributed by atoms with van der Waals surface area (Å²) in [4.78, 5) is 12.2. The molecule has 0 aliphatic heterocycles. The molecule has 0 unspecified atom stereocenters. The minimum absolute atomic E-state index is 0.0592. The maximum Gasteiger partial charge on any atom is 0.255 e. The summed E-state index contributed by atoms with van der Waals surface area (Å²) in [6.07, 6.45) is 1.01. The van der Waals surface area contributed by atoms with Gasteiger partial charge in [-0.25, -0.2) is 0 Å². The van der Waals surface area contributed by atoms with E-state index in [-0.39, 0.29) is 5.91 Å². The number of anilines is 1. The summed E-state index contributed by atoms with van der Waals surface area (Å²) in [6.45, 7) is 6.20. The van der Waals surface area contributed by atoms with Crippen LogP contribution in [0.3, 0.4) is 0 Å². The van der Waals surface area contributed by atoms with Crippen molar-refractivity contribution in [2.45, 2.75) is 27.2 Å². The fourth-order valence-electron chi connectivity index (χ4n) is 2.23. The smallest absolute Gasteiger partial charge is 0.255 e. The van der Waals surface area contributed by atoms with Gasteiger partial charge >= 0.3 is 0 Å². The van der Waals surface area contributed by atoms with Gasteiger partial charge in [0, 0.05) is 11.3 Å². The Morgan fingerprint density at radius 2 is 1.63 bits per heavy atom. The Bertz CT molecular complexity index is 564. The van der Waals surface area contributed by atoms with Crippen molar-refractivity contribution in [3.63, 3.8) is 0 Å². The van der Waals surface area contributed by atoms with Gasteiger partial charge < -0.3 is 5.32 Å². The number of amides is 1. The van der Waals surface area contributed by atoms with Crippen molar-refractivity contribution in [1.82, 2.24) is 0 Å².